The third-order valence-corrected chi connectivity index (χ3v) is 2.57. The molecule has 0 amide bonds. The maximum absolute atomic E-state index is 11.7. The molecule has 0 bridgehead atoms. The largest absolute Gasteiger partial charge is 0.460 e. The highest BCUT2D eigenvalue weighted by Gasteiger charge is 2.11. The Balaban J connectivity index is 2.34. The highest BCUT2D eigenvalue weighted by atomic mass is 35.5. The number of hydrogen-bond acceptors (Lipinski definition) is 4. The van der Waals surface area contributed by atoms with E-state index in [2.05, 4.69) is 6.92 Å². The van der Waals surface area contributed by atoms with Crippen molar-refractivity contribution >= 4 is 23.3 Å². The Morgan fingerprint density at radius 2 is 2.11 bits per heavy atom. The molecule has 0 aliphatic heterocycles. The summed E-state index contributed by atoms with van der Waals surface area (Å²) in [4.78, 5) is 11.7. The van der Waals surface area contributed by atoms with Crippen molar-refractivity contribution in [3.63, 3.8) is 0 Å². The number of esters is 1. The lowest BCUT2D eigenvalue weighted by Crippen LogP contribution is -2.12. The highest BCUT2D eigenvalue weighted by molar-refractivity contribution is 6.31. The number of nitrogen functional groups attached to an aromatic ring is 1. The van der Waals surface area contributed by atoms with Crippen molar-refractivity contribution in [2.75, 3.05) is 25.6 Å². The van der Waals surface area contributed by atoms with E-state index >= 15 is 0 Å². The van der Waals surface area contributed by atoms with Crippen LogP contribution in [0.15, 0.2) is 18.2 Å². The number of unbranched alkanes of at least 4 members (excludes halogenated alkanes) is 1. The van der Waals surface area contributed by atoms with Crippen molar-refractivity contribution < 1.29 is 14.3 Å². The lowest BCUT2D eigenvalue weighted by molar-refractivity contribution is 0.0315. The van der Waals surface area contributed by atoms with Crippen LogP contribution in [0.25, 0.3) is 0 Å². The summed E-state index contributed by atoms with van der Waals surface area (Å²) in [6.45, 7) is 3.39. The average Bonchev–Trinajstić information content (AvgIpc) is 2.36. The summed E-state index contributed by atoms with van der Waals surface area (Å²) >= 11 is 5.79. The number of carbonyl (C=O) groups excluding carboxylic acids is 1. The maximum Gasteiger partial charge on any atom is 0.340 e. The fourth-order valence-corrected chi connectivity index (χ4v) is 1.50. The molecule has 0 radical (unpaired) electrons. The normalized spacial score (nSPS) is 10.3. The Bertz CT molecular complexity index is 396. The second kappa shape index (κ2) is 7.95. The zero-order valence-corrected chi connectivity index (χ0v) is 11.2. The summed E-state index contributed by atoms with van der Waals surface area (Å²) in [6.07, 6.45) is 2.09. The lowest BCUT2D eigenvalue weighted by atomic mass is 10.2. The number of hydrogen-bond donors (Lipinski definition) is 1. The molecule has 0 saturated heterocycles. The van der Waals surface area contributed by atoms with Crippen molar-refractivity contribution in [2.45, 2.75) is 19.8 Å². The third-order valence-electron chi connectivity index (χ3n) is 2.34. The summed E-state index contributed by atoms with van der Waals surface area (Å²) in [7, 11) is 0. The quantitative estimate of drug-likeness (QED) is 0.471. The van der Waals surface area contributed by atoms with Gasteiger partial charge in [0.2, 0.25) is 0 Å². The summed E-state index contributed by atoms with van der Waals surface area (Å²) in [5.41, 5.74) is 6.32. The lowest BCUT2D eigenvalue weighted by Gasteiger charge is -2.07. The molecule has 0 aromatic heterocycles. The number of halogens is 1. The Morgan fingerprint density at radius 1 is 1.33 bits per heavy atom. The fourth-order valence-electron chi connectivity index (χ4n) is 1.32. The first-order valence-corrected chi connectivity index (χ1v) is 6.33. The molecule has 2 N–H and O–H groups in total. The van der Waals surface area contributed by atoms with Crippen molar-refractivity contribution in [1.82, 2.24) is 0 Å². The van der Waals surface area contributed by atoms with Crippen molar-refractivity contribution in [2.24, 2.45) is 0 Å². The van der Waals surface area contributed by atoms with Gasteiger partial charge in [0.25, 0.3) is 0 Å². The minimum atomic E-state index is -0.478. The number of benzene rings is 1. The summed E-state index contributed by atoms with van der Waals surface area (Å²) in [5.74, 6) is -0.478. The molecule has 5 heteroatoms. The number of ether oxygens (including phenoxy) is 2. The number of nitrogens with two attached hydrogens (primary N) is 1. The topological polar surface area (TPSA) is 61.5 Å². The van der Waals surface area contributed by atoms with Gasteiger partial charge in [0.15, 0.2) is 0 Å². The van der Waals surface area contributed by atoms with Crippen LogP contribution in [0.5, 0.6) is 0 Å². The third kappa shape index (κ3) is 4.94. The van der Waals surface area contributed by atoms with Gasteiger partial charge in [-0.15, -0.1) is 0 Å². The Labute approximate surface area is 112 Å². The molecule has 0 heterocycles. The van der Waals surface area contributed by atoms with E-state index in [0.717, 1.165) is 12.8 Å². The van der Waals surface area contributed by atoms with E-state index in [1.165, 1.54) is 6.07 Å². The van der Waals surface area contributed by atoms with Gasteiger partial charge in [0.05, 0.1) is 12.2 Å². The zero-order valence-electron chi connectivity index (χ0n) is 10.4. The van der Waals surface area contributed by atoms with Gasteiger partial charge in [-0.3, -0.25) is 0 Å². The molecular formula is C13H18ClNO3. The number of rotatable bonds is 7. The van der Waals surface area contributed by atoms with E-state index in [0.29, 0.717) is 23.9 Å². The maximum atomic E-state index is 11.7. The summed E-state index contributed by atoms with van der Waals surface area (Å²) < 4.78 is 10.3. The SMILES string of the molecule is CCCCOCCOC(=O)c1cc(Cl)ccc1N. The average molecular weight is 272 g/mol. The van der Waals surface area contributed by atoms with Gasteiger partial charge in [-0.1, -0.05) is 24.9 Å². The van der Waals surface area contributed by atoms with E-state index in [9.17, 15) is 4.79 Å². The van der Waals surface area contributed by atoms with Crippen LogP contribution in [0.2, 0.25) is 5.02 Å². The number of anilines is 1. The molecule has 1 rings (SSSR count). The van der Waals surface area contributed by atoms with Crippen molar-refractivity contribution in [3.8, 4) is 0 Å². The molecule has 0 saturated carbocycles. The van der Waals surface area contributed by atoms with Gasteiger partial charge in [-0.2, -0.15) is 0 Å². The molecule has 0 atom stereocenters. The first kappa shape index (κ1) is 14.8. The molecule has 0 fully saturated rings. The van der Waals surface area contributed by atoms with Crippen molar-refractivity contribution in [1.29, 1.82) is 0 Å². The van der Waals surface area contributed by atoms with Gasteiger partial charge in [0, 0.05) is 17.3 Å². The standard InChI is InChI=1S/C13H18ClNO3/c1-2-3-6-17-7-8-18-13(16)11-9-10(14)4-5-12(11)15/h4-5,9H,2-3,6-8,15H2,1H3. The van der Waals surface area contributed by atoms with Crippen LogP contribution in [0.4, 0.5) is 5.69 Å². The molecule has 1 aromatic rings. The predicted molar refractivity (Wildman–Crippen MR) is 71.9 cm³/mol. The molecule has 4 nitrogen and oxygen atoms in total. The van der Waals surface area contributed by atoms with E-state index in [1.54, 1.807) is 12.1 Å². The molecule has 0 unspecified atom stereocenters. The molecule has 18 heavy (non-hydrogen) atoms. The fraction of sp³-hybridized carbons (Fsp3) is 0.462. The van der Waals surface area contributed by atoms with Crippen LogP contribution in [0.3, 0.4) is 0 Å². The monoisotopic (exact) mass is 271 g/mol. The molecule has 0 aliphatic rings. The Hall–Kier alpha value is -1.26. The zero-order chi connectivity index (χ0) is 13.4. The summed E-state index contributed by atoms with van der Waals surface area (Å²) in [6, 6.07) is 4.70. The molecule has 0 aliphatic carbocycles. The van der Waals surface area contributed by atoms with Crippen molar-refractivity contribution in [3.05, 3.63) is 28.8 Å². The first-order valence-electron chi connectivity index (χ1n) is 5.95. The second-order valence-corrected chi connectivity index (χ2v) is 4.27. The minimum Gasteiger partial charge on any atom is -0.460 e. The van der Waals surface area contributed by atoms with Gasteiger partial charge >= 0.3 is 5.97 Å². The first-order chi connectivity index (χ1) is 8.65. The van der Waals surface area contributed by atoms with Gasteiger partial charge in [0.1, 0.15) is 6.61 Å². The minimum absolute atomic E-state index is 0.217. The predicted octanol–water partition coefficient (Wildman–Crippen LogP) is 2.90. The number of carbonyl (C=O) groups is 1. The van der Waals surface area contributed by atoms with E-state index in [1.807, 2.05) is 0 Å². The van der Waals surface area contributed by atoms with Gasteiger partial charge in [-0.25, -0.2) is 4.79 Å². The van der Waals surface area contributed by atoms with E-state index < -0.39 is 5.97 Å². The van der Waals surface area contributed by atoms with Gasteiger partial charge in [-0.05, 0) is 24.6 Å². The molecule has 100 valence electrons. The van der Waals surface area contributed by atoms with Crippen LogP contribution in [0, 0.1) is 0 Å². The highest BCUT2D eigenvalue weighted by Crippen LogP contribution is 2.18. The van der Waals surface area contributed by atoms with Gasteiger partial charge < -0.3 is 15.2 Å². The van der Waals surface area contributed by atoms with Crippen LogP contribution >= 0.6 is 11.6 Å². The van der Waals surface area contributed by atoms with Crippen LogP contribution in [-0.2, 0) is 9.47 Å². The van der Waals surface area contributed by atoms with Crippen LogP contribution in [0.1, 0.15) is 30.1 Å². The van der Waals surface area contributed by atoms with Crippen LogP contribution < -0.4 is 5.73 Å². The smallest absolute Gasteiger partial charge is 0.340 e. The van der Waals surface area contributed by atoms with E-state index in [4.69, 9.17) is 26.8 Å². The summed E-state index contributed by atoms with van der Waals surface area (Å²) in [5, 5.41) is 0.454. The molecule has 1 aromatic carbocycles. The molecule has 0 spiro atoms. The van der Waals surface area contributed by atoms with Crippen LogP contribution in [-0.4, -0.2) is 25.8 Å². The Morgan fingerprint density at radius 3 is 2.83 bits per heavy atom. The Kier molecular flexibility index (Phi) is 6.54. The van der Waals surface area contributed by atoms with E-state index in [-0.39, 0.29) is 12.2 Å². The molecular weight excluding hydrogens is 254 g/mol. The second-order valence-electron chi connectivity index (χ2n) is 3.83.